The van der Waals surface area contributed by atoms with Crippen LogP contribution in [0.3, 0.4) is 0 Å². The molecular weight excluding hydrogens is 306 g/mol. The van der Waals surface area contributed by atoms with Crippen molar-refractivity contribution < 1.29 is 0 Å². The fourth-order valence-corrected chi connectivity index (χ4v) is 3.69. The van der Waals surface area contributed by atoms with Crippen LogP contribution >= 0.6 is 11.3 Å². The van der Waals surface area contributed by atoms with E-state index in [1.54, 1.807) is 23.1 Å². The van der Waals surface area contributed by atoms with Crippen LogP contribution in [0.1, 0.15) is 32.1 Å². The molecule has 0 aliphatic heterocycles. The van der Waals surface area contributed by atoms with Crippen LogP contribution in [0.2, 0.25) is 0 Å². The number of nitrogens with zero attached hydrogens (tertiary/aromatic N) is 4. The van der Waals surface area contributed by atoms with Gasteiger partial charge in [-0.05, 0) is 44.2 Å². The van der Waals surface area contributed by atoms with E-state index < -0.39 is 0 Å². The summed E-state index contributed by atoms with van der Waals surface area (Å²) in [5.41, 5.74) is 3.52. The normalized spacial score (nSPS) is 14.9. The van der Waals surface area contributed by atoms with Crippen molar-refractivity contribution in [2.45, 2.75) is 32.1 Å². The number of hydrogen-bond donors (Lipinski definition) is 1. The first-order chi connectivity index (χ1) is 11.4. The van der Waals surface area contributed by atoms with Crippen LogP contribution < -0.4 is 5.32 Å². The fourth-order valence-electron chi connectivity index (χ4n) is 2.89. The van der Waals surface area contributed by atoms with Crippen LogP contribution in [0.5, 0.6) is 0 Å². The molecule has 1 aliphatic rings. The molecule has 0 saturated heterocycles. The van der Waals surface area contributed by atoms with E-state index in [4.69, 9.17) is 0 Å². The van der Waals surface area contributed by atoms with Gasteiger partial charge in [0.05, 0.1) is 11.9 Å². The van der Waals surface area contributed by atoms with E-state index in [1.165, 1.54) is 25.7 Å². The molecule has 23 heavy (non-hydrogen) atoms. The van der Waals surface area contributed by atoms with Crippen molar-refractivity contribution in [1.82, 2.24) is 19.6 Å². The monoisotopic (exact) mass is 325 g/mol. The molecule has 0 amide bonds. The molecule has 0 bridgehead atoms. The van der Waals surface area contributed by atoms with Crippen molar-refractivity contribution in [3.63, 3.8) is 0 Å². The van der Waals surface area contributed by atoms with E-state index >= 15 is 0 Å². The van der Waals surface area contributed by atoms with Crippen LogP contribution in [0.4, 0.5) is 5.13 Å². The number of allylic oxidation sites excluding steroid dienone is 1. The van der Waals surface area contributed by atoms with Gasteiger partial charge in [0.15, 0.2) is 0 Å². The van der Waals surface area contributed by atoms with Gasteiger partial charge < -0.3 is 5.32 Å². The maximum atomic E-state index is 4.63. The molecule has 0 atom stereocenters. The Hall–Kier alpha value is -2.21. The Morgan fingerprint density at radius 3 is 3.09 bits per heavy atom. The summed E-state index contributed by atoms with van der Waals surface area (Å²) in [5, 5.41) is 8.92. The number of aromatic nitrogens is 4. The number of imidazole rings is 1. The molecule has 6 heteroatoms. The Balaban J connectivity index is 1.41. The van der Waals surface area contributed by atoms with E-state index in [9.17, 15) is 0 Å². The second-order valence-electron chi connectivity index (χ2n) is 5.79. The zero-order valence-electron chi connectivity index (χ0n) is 12.9. The average molecular weight is 325 g/mol. The maximum Gasteiger partial charge on any atom is 0.214 e. The van der Waals surface area contributed by atoms with Gasteiger partial charge in [-0.15, -0.1) is 5.10 Å². The molecule has 118 valence electrons. The minimum atomic E-state index is 0.906. The van der Waals surface area contributed by atoms with E-state index in [2.05, 4.69) is 26.5 Å². The van der Waals surface area contributed by atoms with Gasteiger partial charge in [-0.25, -0.2) is 9.50 Å². The summed E-state index contributed by atoms with van der Waals surface area (Å²) in [4.78, 5) is 9.67. The second-order valence-corrected chi connectivity index (χ2v) is 6.74. The van der Waals surface area contributed by atoms with E-state index in [-0.39, 0.29) is 0 Å². The third-order valence-corrected chi connectivity index (χ3v) is 4.99. The molecule has 3 heterocycles. The minimum Gasteiger partial charge on any atom is -0.360 e. The van der Waals surface area contributed by atoms with Gasteiger partial charge in [0.25, 0.3) is 0 Å². The summed E-state index contributed by atoms with van der Waals surface area (Å²) in [6.07, 6.45) is 14.3. The van der Waals surface area contributed by atoms with Gasteiger partial charge in [0.1, 0.15) is 0 Å². The first kappa shape index (κ1) is 14.4. The lowest BCUT2D eigenvalue weighted by atomic mass is 9.97. The number of rotatable bonds is 5. The lowest BCUT2D eigenvalue weighted by Gasteiger charge is -2.12. The van der Waals surface area contributed by atoms with Crippen molar-refractivity contribution >= 4 is 21.4 Å². The summed E-state index contributed by atoms with van der Waals surface area (Å²) in [7, 11) is 0. The molecule has 3 aromatic heterocycles. The highest BCUT2D eigenvalue weighted by atomic mass is 32.1. The smallest absolute Gasteiger partial charge is 0.214 e. The fraction of sp³-hybridized carbons (Fsp3) is 0.353. The van der Waals surface area contributed by atoms with Crippen LogP contribution in [0.25, 0.3) is 16.2 Å². The Morgan fingerprint density at radius 2 is 2.30 bits per heavy atom. The molecular formula is C17H19N5S. The highest BCUT2D eigenvalue weighted by Crippen LogP contribution is 2.24. The maximum absolute atomic E-state index is 4.63. The van der Waals surface area contributed by atoms with Crippen molar-refractivity contribution in [2.24, 2.45) is 0 Å². The highest BCUT2D eigenvalue weighted by Gasteiger charge is 2.10. The predicted molar refractivity (Wildman–Crippen MR) is 93.8 cm³/mol. The predicted octanol–water partition coefficient (Wildman–Crippen LogP) is 4.16. The molecule has 0 radical (unpaired) electrons. The Morgan fingerprint density at radius 1 is 1.30 bits per heavy atom. The largest absolute Gasteiger partial charge is 0.360 e. The van der Waals surface area contributed by atoms with Gasteiger partial charge in [-0.2, -0.15) is 0 Å². The summed E-state index contributed by atoms with van der Waals surface area (Å²) in [5.74, 6) is 0. The van der Waals surface area contributed by atoms with Crippen LogP contribution in [0, 0.1) is 0 Å². The summed E-state index contributed by atoms with van der Waals surface area (Å²) in [6.45, 7) is 0.942. The highest BCUT2D eigenvalue weighted by molar-refractivity contribution is 7.20. The SMILES string of the molecule is C1=C(CCNc2nn3cc(-c4cccnc4)nc3s2)CCCC1. The van der Waals surface area contributed by atoms with E-state index in [0.717, 1.165) is 34.3 Å². The van der Waals surface area contributed by atoms with Crippen molar-refractivity contribution in [1.29, 1.82) is 0 Å². The Labute approximate surface area is 139 Å². The average Bonchev–Trinajstić information content (AvgIpc) is 3.15. The van der Waals surface area contributed by atoms with Crippen molar-refractivity contribution in [3.8, 4) is 11.3 Å². The van der Waals surface area contributed by atoms with Gasteiger partial charge in [-0.3, -0.25) is 4.98 Å². The number of fused-ring (bicyclic) bond motifs is 1. The Kier molecular flexibility index (Phi) is 4.06. The van der Waals surface area contributed by atoms with E-state index in [0.29, 0.717) is 0 Å². The minimum absolute atomic E-state index is 0.906. The molecule has 3 aromatic rings. The molecule has 0 unspecified atom stereocenters. The number of hydrogen-bond acceptors (Lipinski definition) is 5. The first-order valence-electron chi connectivity index (χ1n) is 8.07. The lowest BCUT2D eigenvalue weighted by molar-refractivity contribution is 0.679. The first-order valence-corrected chi connectivity index (χ1v) is 8.88. The molecule has 1 N–H and O–H groups in total. The molecule has 5 nitrogen and oxygen atoms in total. The summed E-state index contributed by atoms with van der Waals surface area (Å²) < 4.78 is 1.84. The molecule has 0 saturated carbocycles. The third kappa shape index (κ3) is 3.27. The number of anilines is 1. The standard InChI is InChI=1S/C17H19N5S/c1-2-5-13(6-3-1)8-10-19-16-21-22-12-15(20-17(22)23-16)14-7-4-9-18-11-14/h4-5,7,9,11-12H,1-3,6,8,10H2,(H,19,21). The molecule has 4 rings (SSSR count). The molecule has 0 spiro atoms. The van der Waals surface area contributed by atoms with Crippen molar-refractivity contribution in [2.75, 3.05) is 11.9 Å². The van der Waals surface area contributed by atoms with Gasteiger partial charge in [0.2, 0.25) is 10.1 Å². The van der Waals surface area contributed by atoms with Crippen molar-refractivity contribution in [3.05, 3.63) is 42.4 Å². The Bertz CT molecular complexity index is 787. The topological polar surface area (TPSA) is 55.1 Å². The molecule has 1 aliphatic carbocycles. The molecule has 0 fully saturated rings. The summed E-state index contributed by atoms with van der Waals surface area (Å²) >= 11 is 1.59. The van der Waals surface area contributed by atoms with Gasteiger partial charge in [-0.1, -0.05) is 23.0 Å². The zero-order valence-corrected chi connectivity index (χ0v) is 13.7. The number of pyridine rings is 1. The summed E-state index contributed by atoms with van der Waals surface area (Å²) in [6, 6.07) is 3.93. The quantitative estimate of drug-likeness (QED) is 0.716. The zero-order chi connectivity index (χ0) is 15.5. The molecule has 0 aromatic carbocycles. The third-order valence-electron chi connectivity index (χ3n) is 4.11. The van der Waals surface area contributed by atoms with Gasteiger partial charge >= 0.3 is 0 Å². The van der Waals surface area contributed by atoms with Crippen LogP contribution in [-0.2, 0) is 0 Å². The van der Waals surface area contributed by atoms with Gasteiger partial charge in [0, 0.05) is 24.5 Å². The lowest BCUT2D eigenvalue weighted by Crippen LogP contribution is -2.04. The van der Waals surface area contributed by atoms with Crippen LogP contribution in [0.15, 0.2) is 42.4 Å². The van der Waals surface area contributed by atoms with Crippen LogP contribution in [-0.4, -0.2) is 26.1 Å². The number of nitrogens with one attached hydrogen (secondary N) is 1. The van der Waals surface area contributed by atoms with E-state index in [1.807, 2.05) is 29.0 Å². The second kappa shape index (κ2) is 6.50.